The Kier molecular flexibility index (Phi) is 3.59. The van der Waals surface area contributed by atoms with Gasteiger partial charge >= 0.3 is 11.9 Å². The third kappa shape index (κ3) is 1.87. The number of carbonyl (C=O) groups is 3. The monoisotopic (exact) mass is 378 g/mol. The van der Waals surface area contributed by atoms with Crippen molar-refractivity contribution in [3.05, 3.63) is 12.2 Å². The fourth-order valence-corrected chi connectivity index (χ4v) is 7.59. The molecule has 4 rings (SSSR count). The van der Waals surface area contributed by atoms with E-state index in [0.29, 0.717) is 24.8 Å². The van der Waals surface area contributed by atoms with E-state index in [-0.39, 0.29) is 19.3 Å². The zero-order valence-corrected chi connectivity index (χ0v) is 15.4. The molecule has 27 heavy (non-hydrogen) atoms. The molecule has 7 nitrogen and oxygen atoms in total. The maximum atomic E-state index is 12.5. The molecule has 7 heteroatoms. The Labute approximate surface area is 157 Å². The van der Waals surface area contributed by atoms with Crippen LogP contribution in [0.15, 0.2) is 12.2 Å². The quantitative estimate of drug-likeness (QED) is 0.429. The molecule has 0 amide bonds. The van der Waals surface area contributed by atoms with Gasteiger partial charge in [-0.05, 0) is 55.9 Å². The zero-order valence-electron chi connectivity index (χ0n) is 15.4. The van der Waals surface area contributed by atoms with Crippen molar-refractivity contribution in [1.82, 2.24) is 0 Å². The number of hydrogen-bond donors (Lipinski definition) is 4. The number of carbonyl (C=O) groups excluding carboxylic acids is 1. The van der Waals surface area contributed by atoms with Gasteiger partial charge in [-0.25, -0.2) is 0 Å². The van der Waals surface area contributed by atoms with Crippen LogP contribution in [0.25, 0.3) is 0 Å². The Morgan fingerprint density at radius 3 is 2.48 bits per heavy atom. The van der Waals surface area contributed by atoms with Gasteiger partial charge in [0.05, 0.1) is 17.4 Å². The van der Waals surface area contributed by atoms with Crippen molar-refractivity contribution in [2.75, 3.05) is 0 Å². The highest BCUT2D eigenvalue weighted by Gasteiger charge is 2.79. The lowest BCUT2D eigenvalue weighted by atomic mass is 9.52. The number of hydrogen-bond acceptors (Lipinski definition) is 5. The lowest BCUT2D eigenvalue weighted by Gasteiger charge is -2.50. The Morgan fingerprint density at radius 2 is 1.93 bits per heavy atom. The van der Waals surface area contributed by atoms with Crippen LogP contribution in [-0.4, -0.2) is 50.4 Å². The maximum Gasteiger partial charge on any atom is 0.309 e. The van der Waals surface area contributed by atoms with Crippen molar-refractivity contribution >= 4 is 18.2 Å². The lowest BCUT2D eigenvalue weighted by molar-refractivity contribution is -0.167. The molecule has 0 heterocycles. The predicted molar refractivity (Wildman–Crippen MR) is 92.6 cm³/mol. The molecule has 0 aliphatic heterocycles. The number of aliphatic hydroxyl groups is 2. The van der Waals surface area contributed by atoms with Crippen molar-refractivity contribution < 1.29 is 34.8 Å². The Hall–Kier alpha value is -1.73. The van der Waals surface area contributed by atoms with Gasteiger partial charge in [0, 0.05) is 11.3 Å². The molecule has 1 spiro atoms. The third-order valence-electron chi connectivity index (χ3n) is 8.60. The van der Waals surface area contributed by atoms with Gasteiger partial charge in [0.2, 0.25) is 0 Å². The van der Waals surface area contributed by atoms with Gasteiger partial charge in [0.25, 0.3) is 0 Å². The van der Waals surface area contributed by atoms with Gasteiger partial charge < -0.3 is 25.2 Å². The first-order valence-electron chi connectivity index (χ1n) is 9.51. The van der Waals surface area contributed by atoms with Gasteiger partial charge in [0.15, 0.2) is 0 Å². The van der Waals surface area contributed by atoms with Crippen LogP contribution in [0.4, 0.5) is 0 Å². The van der Waals surface area contributed by atoms with E-state index >= 15 is 0 Å². The Balaban J connectivity index is 2.00. The summed E-state index contributed by atoms with van der Waals surface area (Å²) in [6, 6.07) is 0. The summed E-state index contributed by atoms with van der Waals surface area (Å²) >= 11 is 0. The van der Waals surface area contributed by atoms with E-state index in [1.165, 1.54) is 0 Å². The topological polar surface area (TPSA) is 132 Å². The Bertz CT molecular complexity index is 761. The first-order chi connectivity index (χ1) is 12.5. The average Bonchev–Trinajstić information content (AvgIpc) is 2.97. The second kappa shape index (κ2) is 5.20. The minimum absolute atomic E-state index is 0.0173. The maximum absolute atomic E-state index is 12.5. The van der Waals surface area contributed by atoms with Crippen LogP contribution >= 0.6 is 0 Å². The van der Waals surface area contributed by atoms with Gasteiger partial charge in [-0.3, -0.25) is 9.59 Å². The van der Waals surface area contributed by atoms with Crippen LogP contribution in [0.5, 0.6) is 0 Å². The SMILES string of the molecule is C=C1C[C@]23C[C@@]1(O)[C@@H](O)C[C@H]2[C@]1(C=O)CCC[C@@](C)(C(=O)O)[C@H]1[C@@H]3C(=O)O. The molecular weight excluding hydrogens is 352 g/mol. The number of carboxylic acid groups (broad SMARTS) is 2. The molecule has 0 unspecified atom stereocenters. The van der Waals surface area contributed by atoms with Crippen LogP contribution in [0, 0.1) is 34.0 Å². The summed E-state index contributed by atoms with van der Waals surface area (Å²) in [5.41, 5.74) is -4.60. The summed E-state index contributed by atoms with van der Waals surface area (Å²) in [6.45, 7) is 5.45. The summed E-state index contributed by atoms with van der Waals surface area (Å²) in [4.78, 5) is 37.2. The average molecular weight is 378 g/mol. The van der Waals surface area contributed by atoms with E-state index in [9.17, 15) is 34.8 Å². The molecule has 8 atom stereocenters. The molecule has 0 aromatic rings. The summed E-state index contributed by atoms with van der Waals surface area (Å²) in [7, 11) is 0. The van der Waals surface area contributed by atoms with E-state index in [2.05, 4.69) is 6.58 Å². The molecule has 4 saturated carbocycles. The van der Waals surface area contributed by atoms with Crippen molar-refractivity contribution in [3.8, 4) is 0 Å². The molecule has 148 valence electrons. The van der Waals surface area contributed by atoms with Crippen LogP contribution in [0.2, 0.25) is 0 Å². The van der Waals surface area contributed by atoms with Gasteiger partial charge in [-0.2, -0.15) is 0 Å². The normalized spacial score (nSPS) is 53.5. The van der Waals surface area contributed by atoms with E-state index in [4.69, 9.17) is 0 Å². The number of fused-ring (bicyclic) bond motifs is 3. The molecule has 0 radical (unpaired) electrons. The molecule has 0 saturated heterocycles. The highest BCUT2D eigenvalue weighted by atomic mass is 16.4. The minimum Gasteiger partial charge on any atom is -0.481 e. The molecule has 4 N–H and O–H groups in total. The molecule has 0 aromatic heterocycles. The van der Waals surface area contributed by atoms with Crippen molar-refractivity contribution in [3.63, 3.8) is 0 Å². The molecular formula is C20H26O7. The summed E-state index contributed by atoms with van der Waals surface area (Å²) in [6.07, 6.45) is 1.18. The van der Waals surface area contributed by atoms with Gasteiger partial charge in [-0.15, -0.1) is 0 Å². The first kappa shape index (κ1) is 18.6. The summed E-state index contributed by atoms with van der Waals surface area (Å²) < 4.78 is 0. The number of carboxylic acids is 2. The van der Waals surface area contributed by atoms with E-state index in [1.54, 1.807) is 6.92 Å². The zero-order chi connectivity index (χ0) is 20.0. The molecule has 0 aromatic carbocycles. The number of aldehydes is 1. The third-order valence-corrected chi connectivity index (χ3v) is 8.60. The second-order valence-electron chi connectivity index (χ2n) is 9.52. The van der Waals surface area contributed by atoms with Crippen molar-refractivity contribution in [1.29, 1.82) is 0 Å². The van der Waals surface area contributed by atoms with E-state index in [0.717, 1.165) is 6.29 Å². The molecule has 2 bridgehead atoms. The van der Waals surface area contributed by atoms with Crippen molar-refractivity contribution in [2.24, 2.45) is 34.0 Å². The second-order valence-corrected chi connectivity index (χ2v) is 9.52. The van der Waals surface area contributed by atoms with Crippen molar-refractivity contribution in [2.45, 2.75) is 57.2 Å². The highest BCUT2D eigenvalue weighted by molar-refractivity contribution is 5.82. The van der Waals surface area contributed by atoms with E-state index in [1.807, 2.05) is 0 Å². The van der Waals surface area contributed by atoms with Crippen LogP contribution in [0.1, 0.15) is 45.4 Å². The largest absolute Gasteiger partial charge is 0.481 e. The molecule has 4 aliphatic rings. The first-order valence-corrected chi connectivity index (χ1v) is 9.51. The number of rotatable bonds is 3. The van der Waals surface area contributed by atoms with Gasteiger partial charge in [0.1, 0.15) is 11.9 Å². The van der Waals surface area contributed by atoms with E-state index < -0.39 is 57.6 Å². The standard InChI is InChI=1S/C20H26O7/c1-10-7-19-8-20(10,27)12(22)6-11(19)18(9-21)5-3-4-17(2,16(25)26)14(18)13(19)15(23)24/h9,11-14,22,27H,1,3-8H2,2H3,(H,23,24)(H,25,26)/t11-,12-,13+,14+,17+,18+,19-,20-/m0/s1. The lowest BCUT2D eigenvalue weighted by Crippen LogP contribution is -2.53. The minimum atomic E-state index is -1.57. The van der Waals surface area contributed by atoms with Gasteiger partial charge in [-0.1, -0.05) is 13.0 Å². The number of aliphatic carboxylic acids is 2. The van der Waals surface area contributed by atoms with Crippen LogP contribution in [-0.2, 0) is 14.4 Å². The fraction of sp³-hybridized carbons (Fsp3) is 0.750. The summed E-state index contributed by atoms with van der Waals surface area (Å²) in [5.74, 6) is -4.66. The summed E-state index contributed by atoms with van der Waals surface area (Å²) in [5, 5.41) is 41.8. The smallest absolute Gasteiger partial charge is 0.309 e. The fourth-order valence-electron chi connectivity index (χ4n) is 7.59. The highest BCUT2D eigenvalue weighted by Crippen LogP contribution is 2.77. The Morgan fingerprint density at radius 1 is 1.26 bits per heavy atom. The number of aliphatic hydroxyl groups excluding tert-OH is 1. The van der Waals surface area contributed by atoms with Crippen LogP contribution < -0.4 is 0 Å². The molecule has 4 fully saturated rings. The molecule has 4 aliphatic carbocycles. The van der Waals surface area contributed by atoms with Crippen LogP contribution in [0.3, 0.4) is 0 Å². The predicted octanol–water partition coefficient (Wildman–Crippen LogP) is 1.23.